The zero-order chi connectivity index (χ0) is 32.7. The fourth-order valence-electron chi connectivity index (χ4n) is 3.49. The Morgan fingerprint density at radius 1 is 0.889 bits per heavy atom. The molecule has 0 amide bonds. The van der Waals surface area contributed by atoms with Crippen LogP contribution in [0.2, 0.25) is 5.02 Å². The quantitative estimate of drug-likeness (QED) is 0.0431. The molecule has 10 nitrogen and oxygen atoms in total. The number of ether oxygens (including phenoxy) is 2. The second-order valence-electron chi connectivity index (χ2n) is 9.67. The van der Waals surface area contributed by atoms with Crippen molar-refractivity contribution >= 4 is 41.1 Å². The predicted molar refractivity (Wildman–Crippen MR) is 186 cm³/mol. The van der Waals surface area contributed by atoms with E-state index in [9.17, 15) is 9.90 Å². The van der Waals surface area contributed by atoms with Gasteiger partial charge in [0.25, 0.3) is 0 Å². The summed E-state index contributed by atoms with van der Waals surface area (Å²) in [7, 11) is 1.89. The number of carbonyl (C=O) groups excluding carboxylic acids is 1. The lowest BCUT2D eigenvalue weighted by Crippen LogP contribution is -2.35. The number of halogens is 1. The molecule has 0 aliphatic heterocycles. The molecule has 0 fully saturated rings. The summed E-state index contributed by atoms with van der Waals surface area (Å²) in [5.74, 6) is 1.84. The van der Waals surface area contributed by atoms with Gasteiger partial charge in [0, 0.05) is 23.5 Å². The van der Waals surface area contributed by atoms with Crippen LogP contribution in [0.1, 0.15) is 37.6 Å². The number of aldehydes is 1. The smallest absolute Gasteiger partial charge is 0.207 e. The van der Waals surface area contributed by atoms with Crippen molar-refractivity contribution in [2.45, 2.75) is 27.2 Å². The van der Waals surface area contributed by atoms with Crippen molar-refractivity contribution in [3.05, 3.63) is 101 Å². The number of benzene rings is 3. The highest BCUT2D eigenvalue weighted by molar-refractivity contribution is 6.32. The number of amidine groups is 1. The molecule has 3 rings (SSSR count). The van der Waals surface area contributed by atoms with Crippen LogP contribution < -0.4 is 21.3 Å². The largest absolute Gasteiger partial charge is 0.506 e. The SMILES string of the molecule is CC/C(C)=C(/N=C(\NC(C)=NCCOCCOCCNC)Nc1ccc(O)c(Cl)c1)Nc1ccccc1.O=Cc1ccccc1. The van der Waals surface area contributed by atoms with Crippen LogP contribution in [0.15, 0.2) is 100 Å². The molecular formula is C34H45ClN6O4. The zero-order valence-electron chi connectivity index (χ0n) is 26.5. The summed E-state index contributed by atoms with van der Waals surface area (Å²) in [6.45, 7) is 9.51. The zero-order valence-corrected chi connectivity index (χ0v) is 27.2. The number of carbonyl (C=O) groups is 1. The number of rotatable bonds is 15. The van der Waals surface area contributed by atoms with Gasteiger partial charge in [-0.15, -0.1) is 0 Å². The first-order chi connectivity index (χ1) is 21.9. The van der Waals surface area contributed by atoms with Crippen LogP contribution >= 0.6 is 11.6 Å². The minimum Gasteiger partial charge on any atom is -0.506 e. The highest BCUT2D eigenvalue weighted by Crippen LogP contribution is 2.26. The number of nitrogens with one attached hydrogen (secondary N) is 4. The van der Waals surface area contributed by atoms with Gasteiger partial charge in [0.15, 0.2) is 0 Å². The number of nitrogens with zero attached hydrogens (tertiary/aromatic N) is 2. The molecule has 0 spiro atoms. The number of para-hydroxylation sites is 1. The molecule has 0 heterocycles. The summed E-state index contributed by atoms with van der Waals surface area (Å²) >= 11 is 6.11. The Labute approximate surface area is 271 Å². The third-order valence-electron chi connectivity index (χ3n) is 6.09. The van der Waals surface area contributed by atoms with Gasteiger partial charge in [-0.3, -0.25) is 9.79 Å². The number of aromatic hydroxyl groups is 1. The van der Waals surface area contributed by atoms with Gasteiger partial charge in [-0.05, 0) is 63.2 Å². The predicted octanol–water partition coefficient (Wildman–Crippen LogP) is 6.33. The van der Waals surface area contributed by atoms with Crippen LogP contribution in [0.25, 0.3) is 0 Å². The van der Waals surface area contributed by atoms with Crippen molar-refractivity contribution in [2.75, 3.05) is 57.2 Å². The molecule has 242 valence electrons. The molecule has 0 radical (unpaired) electrons. The van der Waals surface area contributed by atoms with E-state index in [0.29, 0.717) is 56.3 Å². The Morgan fingerprint density at radius 2 is 1.56 bits per heavy atom. The number of aliphatic imine (C=N–C) groups is 2. The Hall–Kier alpha value is -4.22. The van der Waals surface area contributed by atoms with Gasteiger partial charge in [-0.2, -0.15) is 4.99 Å². The second-order valence-corrected chi connectivity index (χ2v) is 10.1. The lowest BCUT2D eigenvalue weighted by Gasteiger charge is -2.16. The summed E-state index contributed by atoms with van der Waals surface area (Å²) in [6, 6.07) is 23.8. The summed E-state index contributed by atoms with van der Waals surface area (Å²) in [6.07, 6.45) is 1.65. The molecule has 0 aliphatic rings. The first-order valence-corrected chi connectivity index (χ1v) is 15.2. The molecule has 0 aromatic heterocycles. The van der Waals surface area contributed by atoms with Gasteiger partial charge in [0.2, 0.25) is 5.96 Å². The molecule has 11 heteroatoms. The maximum Gasteiger partial charge on any atom is 0.207 e. The van der Waals surface area contributed by atoms with Gasteiger partial charge in [-0.1, -0.05) is 67.1 Å². The number of anilines is 2. The standard InChI is InChI=1S/C27H39ClN6O3.C7H6O/c1-5-20(2)26(32-22-9-7-6-8-10-22)34-27(33-23-11-12-25(35)24(28)19-23)31-21(3)30-14-16-37-18-17-36-15-13-29-4;8-6-7-4-2-1-3-5-7/h6-12,19,29,32,35H,5,13-18H2,1-4H3,(H2,30,31,33,34);1-6H/b26-20+;. The highest BCUT2D eigenvalue weighted by Gasteiger charge is 2.09. The lowest BCUT2D eigenvalue weighted by atomic mass is 10.2. The van der Waals surface area contributed by atoms with Crippen LogP contribution in [0.3, 0.4) is 0 Å². The van der Waals surface area contributed by atoms with Gasteiger partial charge in [0.05, 0.1) is 43.8 Å². The number of allylic oxidation sites excluding steroid dienone is 1. The third kappa shape index (κ3) is 15.9. The first-order valence-electron chi connectivity index (χ1n) is 14.8. The normalized spacial score (nSPS) is 12.0. The van der Waals surface area contributed by atoms with Crippen molar-refractivity contribution in [1.82, 2.24) is 10.6 Å². The molecule has 0 atom stereocenters. The van der Waals surface area contributed by atoms with Crippen LogP contribution in [-0.2, 0) is 9.47 Å². The first kappa shape index (κ1) is 37.0. The van der Waals surface area contributed by atoms with Crippen molar-refractivity contribution in [3.8, 4) is 5.75 Å². The molecule has 0 aliphatic carbocycles. The van der Waals surface area contributed by atoms with Crippen LogP contribution in [0.4, 0.5) is 11.4 Å². The maximum absolute atomic E-state index is 10.0. The third-order valence-corrected chi connectivity index (χ3v) is 6.40. The van der Waals surface area contributed by atoms with E-state index in [4.69, 9.17) is 26.1 Å². The van der Waals surface area contributed by atoms with E-state index in [2.05, 4.69) is 33.2 Å². The fraction of sp³-hybridized carbons (Fsp3) is 0.324. The fourth-order valence-corrected chi connectivity index (χ4v) is 3.67. The Balaban J connectivity index is 0.000000761. The average Bonchev–Trinajstić information content (AvgIpc) is 3.06. The van der Waals surface area contributed by atoms with E-state index in [-0.39, 0.29) is 10.8 Å². The van der Waals surface area contributed by atoms with Gasteiger partial charge in [0.1, 0.15) is 17.9 Å². The Morgan fingerprint density at radius 3 is 2.16 bits per heavy atom. The number of hydrogen-bond acceptors (Lipinski definition) is 8. The monoisotopic (exact) mass is 636 g/mol. The average molecular weight is 637 g/mol. The van der Waals surface area contributed by atoms with E-state index in [1.165, 1.54) is 6.07 Å². The number of guanidine groups is 1. The summed E-state index contributed by atoms with van der Waals surface area (Å²) in [4.78, 5) is 19.4. The molecule has 0 bridgehead atoms. The number of hydrogen-bond donors (Lipinski definition) is 5. The molecule has 3 aromatic carbocycles. The topological polar surface area (TPSA) is 129 Å². The van der Waals surface area contributed by atoms with E-state index >= 15 is 0 Å². The number of phenols is 1. The van der Waals surface area contributed by atoms with Crippen molar-refractivity contribution in [1.29, 1.82) is 0 Å². The van der Waals surface area contributed by atoms with Gasteiger partial charge >= 0.3 is 0 Å². The Bertz CT molecular complexity index is 1370. The number of phenolic OH excluding ortho intramolecular Hbond substituents is 1. The van der Waals surface area contributed by atoms with Crippen molar-refractivity contribution in [3.63, 3.8) is 0 Å². The van der Waals surface area contributed by atoms with Crippen LogP contribution in [0, 0.1) is 0 Å². The summed E-state index contributed by atoms with van der Waals surface area (Å²) in [5.41, 5.74) is 3.40. The van der Waals surface area contributed by atoms with Crippen LogP contribution in [0.5, 0.6) is 5.75 Å². The molecule has 45 heavy (non-hydrogen) atoms. The van der Waals surface area contributed by atoms with Gasteiger partial charge < -0.3 is 35.8 Å². The molecular weight excluding hydrogens is 592 g/mol. The van der Waals surface area contributed by atoms with E-state index in [0.717, 1.165) is 36.1 Å². The highest BCUT2D eigenvalue weighted by atomic mass is 35.5. The minimum absolute atomic E-state index is 0.0111. The molecule has 5 N–H and O–H groups in total. The van der Waals surface area contributed by atoms with Crippen molar-refractivity contribution < 1.29 is 19.4 Å². The summed E-state index contributed by atoms with van der Waals surface area (Å²) in [5, 5.41) is 22.9. The van der Waals surface area contributed by atoms with Crippen LogP contribution in [-0.4, -0.2) is 69.8 Å². The van der Waals surface area contributed by atoms with E-state index < -0.39 is 0 Å². The van der Waals surface area contributed by atoms with Gasteiger partial charge in [-0.25, -0.2) is 0 Å². The molecule has 0 saturated heterocycles. The summed E-state index contributed by atoms with van der Waals surface area (Å²) < 4.78 is 11.0. The second kappa shape index (κ2) is 22.3. The van der Waals surface area contributed by atoms with E-state index in [1.807, 2.05) is 69.4 Å². The maximum atomic E-state index is 10.0. The minimum atomic E-state index is 0.0111. The molecule has 3 aromatic rings. The van der Waals surface area contributed by atoms with E-state index in [1.54, 1.807) is 24.3 Å². The molecule has 0 saturated carbocycles. The Kier molecular flexibility index (Phi) is 18.3. The number of likely N-dealkylation sites (N-methyl/N-ethyl adjacent to an activating group) is 1. The van der Waals surface area contributed by atoms with Crippen molar-refractivity contribution in [2.24, 2.45) is 9.98 Å². The molecule has 0 unspecified atom stereocenters. The lowest BCUT2D eigenvalue weighted by molar-refractivity contribution is 0.0524.